The van der Waals surface area contributed by atoms with Crippen molar-refractivity contribution in [2.24, 2.45) is 0 Å². The Morgan fingerprint density at radius 1 is 0.850 bits per heavy atom. The lowest BCUT2D eigenvalue weighted by Gasteiger charge is -1.91. The van der Waals surface area contributed by atoms with Gasteiger partial charge in [0.15, 0.2) is 0 Å². The number of hydrogen-bond donors (Lipinski definition) is 0. The van der Waals surface area contributed by atoms with E-state index in [1.807, 2.05) is 61.5 Å². The molecule has 0 fully saturated rings. The Morgan fingerprint density at radius 3 is 1.75 bits per heavy atom. The van der Waals surface area contributed by atoms with Gasteiger partial charge in [-0.05, 0) is 50.3 Å². The zero-order chi connectivity index (χ0) is 14.8. The van der Waals surface area contributed by atoms with Crippen LogP contribution in [0.15, 0.2) is 66.2 Å². The highest BCUT2D eigenvalue weighted by molar-refractivity contribution is 7.27. The van der Waals surface area contributed by atoms with E-state index in [2.05, 4.69) is 41.0 Å². The van der Waals surface area contributed by atoms with Crippen LogP contribution in [0.5, 0.6) is 0 Å². The fourth-order valence-electron chi connectivity index (χ4n) is 1.23. The van der Waals surface area contributed by atoms with Crippen LogP contribution < -0.4 is 5.30 Å². The van der Waals surface area contributed by atoms with E-state index < -0.39 is 0 Å². The van der Waals surface area contributed by atoms with E-state index >= 15 is 0 Å². The van der Waals surface area contributed by atoms with Crippen molar-refractivity contribution in [1.82, 2.24) is 0 Å². The summed E-state index contributed by atoms with van der Waals surface area (Å²) in [6.45, 7) is 6.20. The van der Waals surface area contributed by atoms with Crippen molar-refractivity contribution in [1.29, 1.82) is 0 Å². The first-order valence-corrected chi connectivity index (χ1v) is 7.21. The van der Waals surface area contributed by atoms with E-state index in [0.717, 1.165) is 11.1 Å². The Hall–Kier alpha value is -1.83. The van der Waals surface area contributed by atoms with Crippen LogP contribution in [0.3, 0.4) is 0 Å². The molecular formula is C19H21P. The second-order valence-electron chi connectivity index (χ2n) is 4.60. The lowest BCUT2D eigenvalue weighted by atomic mass is 10.2. The van der Waals surface area contributed by atoms with Crippen LogP contribution in [0.25, 0.3) is 0 Å². The van der Waals surface area contributed by atoms with Gasteiger partial charge in [-0.3, -0.25) is 0 Å². The van der Waals surface area contributed by atoms with E-state index in [1.54, 1.807) is 0 Å². The summed E-state index contributed by atoms with van der Waals surface area (Å²) in [7, 11) is 2.66. The van der Waals surface area contributed by atoms with Gasteiger partial charge in [0.2, 0.25) is 0 Å². The molecule has 0 bridgehead atoms. The van der Waals surface area contributed by atoms with Gasteiger partial charge < -0.3 is 0 Å². The molecule has 0 saturated heterocycles. The fourth-order valence-corrected chi connectivity index (χ4v) is 1.42. The third-order valence-corrected chi connectivity index (χ3v) is 3.00. The van der Waals surface area contributed by atoms with Crippen molar-refractivity contribution in [3.63, 3.8) is 0 Å². The average molecular weight is 280 g/mol. The molecule has 0 aliphatic carbocycles. The maximum atomic E-state index is 3.13. The highest BCUT2D eigenvalue weighted by Gasteiger charge is 1.86. The summed E-state index contributed by atoms with van der Waals surface area (Å²) >= 11 is 0. The predicted octanol–water partition coefficient (Wildman–Crippen LogP) is 4.56. The summed E-state index contributed by atoms with van der Waals surface area (Å²) in [5, 5.41) is 1.18. The number of rotatable bonds is 0. The van der Waals surface area contributed by atoms with Gasteiger partial charge in [-0.1, -0.05) is 53.8 Å². The second kappa shape index (κ2) is 9.13. The van der Waals surface area contributed by atoms with Crippen molar-refractivity contribution < 1.29 is 0 Å². The molecule has 1 heteroatoms. The van der Waals surface area contributed by atoms with Gasteiger partial charge in [0.1, 0.15) is 0 Å². The summed E-state index contributed by atoms with van der Waals surface area (Å²) in [5.74, 6) is 6.25. The number of hydrogen-bond acceptors (Lipinski definition) is 0. The molecule has 0 radical (unpaired) electrons. The van der Waals surface area contributed by atoms with Crippen LogP contribution in [-0.4, -0.2) is 0 Å². The van der Waals surface area contributed by atoms with E-state index in [-0.39, 0.29) is 0 Å². The van der Waals surface area contributed by atoms with Gasteiger partial charge in [-0.2, -0.15) is 0 Å². The minimum atomic E-state index is 1.05. The molecule has 102 valence electrons. The Bertz CT molecular complexity index is 592. The van der Waals surface area contributed by atoms with E-state index in [9.17, 15) is 0 Å². The zero-order valence-corrected chi connectivity index (χ0v) is 13.5. The third-order valence-electron chi connectivity index (χ3n) is 2.61. The maximum absolute atomic E-state index is 3.13. The van der Waals surface area contributed by atoms with Crippen molar-refractivity contribution >= 4 is 14.5 Å². The Morgan fingerprint density at radius 2 is 1.30 bits per heavy atom. The van der Waals surface area contributed by atoms with E-state index in [1.165, 1.54) is 10.9 Å². The van der Waals surface area contributed by atoms with Crippen LogP contribution in [0.4, 0.5) is 0 Å². The van der Waals surface area contributed by atoms with Gasteiger partial charge in [0, 0.05) is 11.1 Å². The summed E-state index contributed by atoms with van der Waals surface area (Å²) in [6, 6.07) is 18.1. The van der Waals surface area contributed by atoms with E-state index in [0.29, 0.717) is 0 Å². The molecule has 0 heterocycles. The minimum Gasteiger partial charge on any atom is -0.106 e. The lowest BCUT2D eigenvalue weighted by Crippen LogP contribution is -1.87. The monoisotopic (exact) mass is 280 g/mol. The summed E-state index contributed by atoms with van der Waals surface area (Å²) in [5.41, 5.74) is 3.47. The van der Waals surface area contributed by atoms with Crippen LogP contribution >= 0.6 is 9.24 Å². The van der Waals surface area contributed by atoms with Crippen molar-refractivity contribution in [3.05, 3.63) is 77.4 Å². The molecule has 0 N–H and O–H groups in total. The van der Waals surface area contributed by atoms with Crippen molar-refractivity contribution in [2.45, 2.75) is 20.8 Å². The zero-order valence-electron chi connectivity index (χ0n) is 12.4. The third kappa shape index (κ3) is 6.93. The maximum Gasteiger partial charge on any atom is 0.0249 e. The Labute approximate surface area is 125 Å². The highest BCUT2D eigenvalue weighted by Crippen LogP contribution is 1.99. The molecule has 2 aromatic rings. The van der Waals surface area contributed by atoms with Crippen molar-refractivity contribution in [2.75, 3.05) is 0 Å². The smallest absolute Gasteiger partial charge is 0.0249 e. The number of benzene rings is 2. The fraction of sp³-hybridized carbons (Fsp3) is 0.158. The molecule has 0 aliphatic heterocycles. The normalized spacial score (nSPS) is 8.60. The SMILES string of the molecule is CC=C(C)C.Pc1ccc(C#Cc2ccccc2)cc1. The van der Waals surface area contributed by atoms with Gasteiger partial charge in [0.25, 0.3) is 0 Å². The Kier molecular flexibility index (Phi) is 7.41. The highest BCUT2D eigenvalue weighted by atomic mass is 31.0. The van der Waals surface area contributed by atoms with Gasteiger partial charge in [-0.15, -0.1) is 9.24 Å². The first-order chi connectivity index (χ1) is 9.61. The molecular weight excluding hydrogens is 259 g/mol. The summed E-state index contributed by atoms with van der Waals surface area (Å²) < 4.78 is 0. The largest absolute Gasteiger partial charge is 0.106 e. The number of allylic oxidation sites excluding steroid dienone is 2. The quantitative estimate of drug-likeness (QED) is 0.377. The molecule has 1 unspecified atom stereocenters. The van der Waals surface area contributed by atoms with Crippen LogP contribution in [0.1, 0.15) is 31.9 Å². The van der Waals surface area contributed by atoms with Gasteiger partial charge in [-0.25, -0.2) is 0 Å². The van der Waals surface area contributed by atoms with Crippen LogP contribution in [0.2, 0.25) is 0 Å². The topological polar surface area (TPSA) is 0 Å². The molecule has 0 saturated carbocycles. The second-order valence-corrected chi connectivity index (χ2v) is 5.27. The summed E-state index contributed by atoms with van der Waals surface area (Å²) in [6.07, 6.45) is 2.08. The standard InChI is InChI=1S/C14H11P.C5H10/c15-14-10-8-13(9-11-14)7-6-12-4-2-1-3-5-12;1-4-5(2)3/h1-5,8-11H,15H2;4H,1-3H3. The first-order valence-electron chi connectivity index (χ1n) is 6.64. The molecule has 0 amide bonds. The minimum absolute atomic E-state index is 1.05. The predicted molar refractivity (Wildman–Crippen MR) is 93.3 cm³/mol. The molecule has 20 heavy (non-hydrogen) atoms. The van der Waals surface area contributed by atoms with Crippen molar-refractivity contribution in [3.8, 4) is 11.8 Å². The molecule has 0 aliphatic rings. The van der Waals surface area contributed by atoms with Crippen LogP contribution in [0, 0.1) is 11.8 Å². The first kappa shape index (κ1) is 16.2. The molecule has 0 nitrogen and oxygen atoms in total. The molecule has 0 spiro atoms. The average Bonchev–Trinajstić information content (AvgIpc) is 2.48. The lowest BCUT2D eigenvalue weighted by molar-refractivity contribution is 1.36. The van der Waals surface area contributed by atoms with E-state index in [4.69, 9.17) is 0 Å². The molecule has 1 atom stereocenters. The Balaban J connectivity index is 0.000000347. The molecule has 0 aromatic heterocycles. The molecule has 2 aromatic carbocycles. The van der Waals surface area contributed by atoms with Gasteiger partial charge in [0.05, 0.1) is 0 Å². The molecule has 2 rings (SSSR count). The van der Waals surface area contributed by atoms with Crippen LogP contribution in [-0.2, 0) is 0 Å². The van der Waals surface area contributed by atoms with Gasteiger partial charge >= 0.3 is 0 Å². The summed E-state index contributed by atoms with van der Waals surface area (Å²) in [4.78, 5) is 0.